The Labute approximate surface area is 141 Å². The summed E-state index contributed by atoms with van der Waals surface area (Å²) in [7, 11) is 0. The number of hydrogen-bond donors (Lipinski definition) is 0. The number of allylic oxidation sites excluding steroid dienone is 2. The van der Waals surface area contributed by atoms with Crippen LogP contribution >= 0.6 is 23.2 Å². The molecule has 23 heavy (non-hydrogen) atoms. The first kappa shape index (κ1) is 14.8. The third-order valence-electron chi connectivity index (χ3n) is 4.67. The van der Waals surface area contributed by atoms with Gasteiger partial charge in [-0.3, -0.25) is 14.5 Å². The van der Waals surface area contributed by atoms with Crippen molar-refractivity contribution in [2.24, 2.45) is 23.7 Å². The van der Waals surface area contributed by atoms with Gasteiger partial charge in [0.15, 0.2) is 0 Å². The van der Waals surface area contributed by atoms with Gasteiger partial charge >= 0.3 is 6.01 Å². The molecule has 1 aliphatic heterocycles. The lowest BCUT2D eigenvalue weighted by atomic mass is 9.85. The Morgan fingerprint density at radius 2 is 1.61 bits per heavy atom. The number of halogens is 2. The number of aromatic nitrogens is 3. The highest BCUT2D eigenvalue weighted by Gasteiger charge is 2.58. The number of fused-ring (bicyclic) bond motifs is 5. The summed E-state index contributed by atoms with van der Waals surface area (Å²) in [5.74, 6) is -0.196. The SMILES string of the molecule is O=C1C2C(C(=O)N1CCOc1nc(Cl)nc(Cl)n1)[C@H]1C=C[C@@H]2C1. The van der Waals surface area contributed by atoms with Crippen LogP contribution in [0.5, 0.6) is 6.01 Å². The third kappa shape index (κ3) is 2.38. The summed E-state index contributed by atoms with van der Waals surface area (Å²) in [6.45, 7) is 0.237. The fraction of sp³-hybridized carbons (Fsp3) is 0.500. The molecule has 0 radical (unpaired) electrons. The monoisotopic (exact) mass is 354 g/mol. The van der Waals surface area contributed by atoms with Crippen LogP contribution in [0.1, 0.15) is 6.42 Å². The van der Waals surface area contributed by atoms with Gasteiger partial charge in [0.25, 0.3) is 0 Å². The van der Waals surface area contributed by atoms with Gasteiger partial charge in [-0.1, -0.05) is 12.2 Å². The van der Waals surface area contributed by atoms with Crippen LogP contribution in [0.2, 0.25) is 10.6 Å². The minimum absolute atomic E-state index is 0.0315. The van der Waals surface area contributed by atoms with E-state index in [4.69, 9.17) is 27.9 Å². The molecule has 0 aromatic carbocycles. The maximum Gasteiger partial charge on any atom is 0.322 e. The molecule has 120 valence electrons. The van der Waals surface area contributed by atoms with Gasteiger partial charge in [0.05, 0.1) is 18.4 Å². The van der Waals surface area contributed by atoms with Gasteiger partial charge in [-0.15, -0.1) is 0 Å². The highest BCUT2D eigenvalue weighted by Crippen LogP contribution is 2.52. The minimum atomic E-state index is -0.196. The fourth-order valence-corrected chi connectivity index (χ4v) is 4.13. The van der Waals surface area contributed by atoms with Gasteiger partial charge in [-0.05, 0) is 41.5 Å². The largest absolute Gasteiger partial charge is 0.461 e. The van der Waals surface area contributed by atoms with Crippen molar-refractivity contribution in [1.29, 1.82) is 0 Å². The molecule has 1 aromatic heterocycles. The highest BCUT2D eigenvalue weighted by molar-refractivity contribution is 6.31. The van der Waals surface area contributed by atoms with Crippen molar-refractivity contribution in [2.75, 3.05) is 13.2 Å². The van der Waals surface area contributed by atoms with Crippen LogP contribution in [0, 0.1) is 23.7 Å². The number of rotatable bonds is 4. The molecule has 1 saturated heterocycles. The van der Waals surface area contributed by atoms with Crippen LogP contribution in [0.4, 0.5) is 0 Å². The average Bonchev–Trinajstić information content (AvgIpc) is 3.15. The predicted octanol–water partition coefficient (Wildman–Crippen LogP) is 1.36. The molecule has 1 saturated carbocycles. The van der Waals surface area contributed by atoms with E-state index in [-0.39, 0.29) is 65.2 Å². The Balaban J connectivity index is 1.40. The van der Waals surface area contributed by atoms with Crippen molar-refractivity contribution < 1.29 is 14.3 Å². The third-order valence-corrected chi connectivity index (χ3v) is 5.01. The van der Waals surface area contributed by atoms with Crippen molar-refractivity contribution in [2.45, 2.75) is 6.42 Å². The molecule has 2 bridgehead atoms. The molecule has 1 aromatic rings. The summed E-state index contributed by atoms with van der Waals surface area (Å²) in [4.78, 5) is 37.4. The summed E-state index contributed by atoms with van der Waals surface area (Å²) in [6.07, 6.45) is 5.04. The maximum atomic E-state index is 12.5. The summed E-state index contributed by atoms with van der Waals surface area (Å²) >= 11 is 11.3. The molecule has 2 amide bonds. The second-order valence-corrected chi connectivity index (χ2v) is 6.51. The van der Waals surface area contributed by atoms with Crippen LogP contribution in [-0.2, 0) is 9.59 Å². The number of amides is 2. The number of likely N-dealkylation sites (tertiary alicyclic amines) is 1. The van der Waals surface area contributed by atoms with Crippen molar-refractivity contribution in [3.05, 3.63) is 22.7 Å². The molecule has 4 atom stereocenters. The van der Waals surface area contributed by atoms with Crippen LogP contribution < -0.4 is 4.74 Å². The molecule has 2 heterocycles. The number of carbonyl (C=O) groups is 2. The number of carbonyl (C=O) groups excluding carboxylic acids is 2. The van der Waals surface area contributed by atoms with Crippen LogP contribution in [0.15, 0.2) is 12.2 Å². The molecular formula is C14H12Cl2N4O3. The number of ether oxygens (including phenoxy) is 1. The standard InChI is InChI=1S/C14H12Cl2N4O3/c15-12-17-13(16)19-14(18-12)23-4-3-20-10(21)8-6-1-2-7(5-6)9(8)11(20)22/h1-2,6-9H,3-5H2/t6-,7+,8?,9?. The Morgan fingerprint density at radius 1 is 1.04 bits per heavy atom. The van der Waals surface area contributed by atoms with E-state index in [1.54, 1.807) is 0 Å². The molecule has 2 fully saturated rings. The first-order chi connectivity index (χ1) is 11.0. The Morgan fingerprint density at radius 3 is 2.17 bits per heavy atom. The molecule has 2 aliphatic carbocycles. The van der Waals surface area contributed by atoms with Crippen molar-refractivity contribution in [1.82, 2.24) is 19.9 Å². The van der Waals surface area contributed by atoms with Crippen LogP contribution in [0.3, 0.4) is 0 Å². The Bertz CT molecular complexity index is 676. The van der Waals surface area contributed by atoms with E-state index in [2.05, 4.69) is 27.1 Å². The van der Waals surface area contributed by atoms with Gasteiger partial charge < -0.3 is 4.74 Å². The summed E-state index contributed by atoms with van der Waals surface area (Å²) < 4.78 is 5.32. The molecule has 2 unspecified atom stereocenters. The minimum Gasteiger partial charge on any atom is -0.461 e. The second kappa shape index (κ2) is 5.42. The van der Waals surface area contributed by atoms with Crippen LogP contribution in [-0.4, -0.2) is 44.8 Å². The van der Waals surface area contributed by atoms with E-state index in [0.29, 0.717) is 0 Å². The van der Waals surface area contributed by atoms with Crippen molar-refractivity contribution >= 4 is 35.0 Å². The zero-order chi connectivity index (χ0) is 16.1. The lowest BCUT2D eigenvalue weighted by Crippen LogP contribution is -2.36. The molecule has 7 nitrogen and oxygen atoms in total. The molecule has 0 N–H and O–H groups in total. The van der Waals surface area contributed by atoms with E-state index >= 15 is 0 Å². The zero-order valence-corrected chi connectivity index (χ0v) is 13.4. The average molecular weight is 355 g/mol. The van der Waals surface area contributed by atoms with Gasteiger partial charge in [-0.25, -0.2) is 0 Å². The molecule has 0 spiro atoms. The molecule has 3 aliphatic rings. The smallest absolute Gasteiger partial charge is 0.322 e. The first-order valence-electron chi connectivity index (χ1n) is 7.28. The van der Waals surface area contributed by atoms with Crippen molar-refractivity contribution in [3.63, 3.8) is 0 Å². The maximum absolute atomic E-state index is 12.5. The predicted molar refractivity (Wildman–Crippen MR) is 79.8 cm³/mol. The van der Waals surface area contributed by atoms with Gasteiger partial charge in [-0.2, -0.15) is 15.0 Å². The topological polar surface area (TPSA) is 85.3 Å². The lowest BCUT2D eigenvalue weighted by molar-refractivity contribution is -0.141. The second-order valence-electron chi connectivity index (χ2n) is 5.83. The van der Waals surface area contributed by atoms with Gasteiger partial charge in [0, 0.05) is 0 Å². The summed E-state index contributed by atoms with van der Waals surface area (Å²) in [6, 6.07) is -0.0315. The number of nitrogens with zero attached hydrogens (tertiary/aromatic N) is 4. The molecule has 4 rings (SSSR count). The van der Waals surface area contributed by atoms with E-state index < -0.39 is 0 Å². The number of hydrogen-bond acceptors (Lipinski definition) is 6. The first-order valence-corrected chi connectivity index (χ1v) is 8.03. The number of imide groups is 1. The summed E-state index contributed by atoms with van der Waals surface area (Å²) in [5.41, 5.74) is 0. The van der Waals surface area contributed by atoms with Crippen molar-refractivity contribution in [3.8, 4) is 6.01 Å². The summed E-state index contributed by atoms with van der Waals surface area (Å²) in [5, 5.41) is -0.156. The lowest BCUT2D eigenvalue weighted by Gasteiger charge is -2.16. The fourth-order valence-electron chi connectivity index (χ4n) is 3.79. The van der Waals surface area contributed by atoms with Crippen LogP contribution in [0.25, 0.3) is 0 Å². The Kier molecular flexibility index (Phi) is 3.50. The quantitative estimate of drug-likeness (QED) is 0.599. The van der Waals surface area contributed by atoms with Gasteiger partial charge in [0.1, 0.15) is 6.61 Å². The molecular weight excluding hydrogens is 343 g/mol. The van der Waals surface area contributed by atoms with E-state index in [1.807, 2.05) is 0 Å². The zero-order valence-electron chi connectivity index (χ0n) is 11.9. The van der Waals surface area contributed by atoms with E-state index in [1.165, 1.54) is 4.90 Å². The van der Waals surface area contributed by atoms with E-state index in [0.717, 1.165) is 6.42 Å². The normalized spacial score (nSPS) is 31.1. The Hall–Kier alpha value is -1.73. The highest BCUT2D eigenvalue weighted by atomic mass is 35.5. The molecule has 9 heteroatoms. The van der Waals surface area contributed by atoms with E-state index in [9.17, 15) is 9.59 Å². The van der Waals surface area contributed by atoms with Gasteiger partial charge in [0.2, 0.25) is 22.4 Å².